The lowest BCUT2D eigenvalue weighted by molar-refractivity contribution is 0.210. The third-order valence-electron chi connectivity index (χ3n) is 10.6. The molecule has 4 aromatic carbocycles. The molecular weight excluding hydrogens is 813 g/mol. The number of nitrogens with zero attached hydrogens (tertiary/aromatic N) is 10. The van der Waals surface area contributed by atoms with E-state index in [9.17, 15) is 0 Å². The van der Waals surface area contributed by atoms with Crippen LogP contribution in [0.4, 0.5) is 34.5 Å². The van der Waals surface area contributed by atoms with Gasteiger partial charge in [-0.1, -0.05) is 72.8 Å². The molecule has 0 saturated heterocycles. The number of anilines is 6. The normalized spacial score (nSPS) is 12.0. The number of nitrogen functional groups attached to an aromatic ring is 1. The number of aromatic nitrogens is 9. The van der Waals surface area contributed by atoms with Crippen LogP contribution < -0.4 is 26.6 Å². The van der Waals surface area contributed by atoms with Crippen LogP contribution in [0.5, 0.6) is 0 Å². The summed E-state index contributed by atoms with van der Waals surface area (Å²) < 4.78 is 11.0. The minimum Gasteiger partial charge on any atom is -0.399 e. The van der Waals surface area contributed by atoms with Gasteiger partial charge in [-0.05, 0) is 49.2 Å². The van der Waals surface area contributed by atoms with E-state index in [0.717, 1.165) is 68.0 Å². The summed E-state index contributed by atoms with van der Waals surface area (Å²) >= 11 is 0. The van der Waals surface area contributed by atoms with Crippen molar-refractivity contribution in [2.75, 3.05) is 60.9 Å². The van der Waals surface area contributed by atoms with Gasteiger partial charge in [-0.15, -0.1) is 0 Å². The molecule has 6 aromatic heterocycles. The Morgan fingerprint density at radius 1 is 0.615 bits per heavy atom. The highest BCUT2D eigenvalue weighted by molar-refractivity contribution is 5.75. The molecule has 6 heterocycles. The SMILES string of the molecule is CN(C)c1ccc(-c2cn3ccnc3c(NC3CC3)n2)cc1.COCCNc1nc(-c2ccccc2)cn2ccnc12.Nc1cccc(-c2cn3ccnc3c(Nc3ccccc3)n2)c1. The molecule has 11 rings (SSSR count). The van der Waals surface area contributed by atoms with Crippen LogP contribution in [0.2, 0.25) is 0 Å². The summed E-state index contributed by atoms with van der Waals surface area (Å²) in [6.45, 7) is 1.33. The van der Waals surface area contributed by atoms with Gasteiger partial charge in [0.25, 0.3) is 0 Å². The third-order valence-corrected chi connectivity index (χ3v) is 10.6. The minimum atomic E-state index is 0.555. The molecule has 15 nitrogen and oxygen atoms in total. The van der Waals surface area contributed by atoms with Crippen LogP contribution in [-0.4, -0.2) is 83.5 Å². The summed E-state index contributed by atoms with van der Waals surface area (Å²) in [6, 6.07) is 36.7. The van der Waals surface area contributed by atoms with Crippen LogP contribution in [0.3, 0.4) is 0 Å². The number of benzene rings is 4. The maximum atomic E-state index is 5.89. The molecule has 0 spiro atoms. The Labute approximate surface area is 376 Å². The zero-order valence-electron chi connectivity index (χ0n) is 36.5. The molecule has 1 fully saturated rings. The quantitative estimate of drug-likeness (QED) is 0.0681. The van der Waals surface area contributed by atoms with Crippen molar-refractivity contribution in [3.63, 3.8) is 0 Å². The highest BCUT2D eigenvalue weighted by Gasteiger charge is 2.23. The Kier molecular flexibility index (Phi) is 12.5. The number of fused-ring (bicyclic) bond motifs is 3. The number of methoxy groups -OCH3 is 1. The average Bonchev–Trinajstić information content (AvgIpc) is 3.66. The van der Waals surface area contributed by atoms with Gasteiger partial charge < -0.3 is 44.5 Å². The van der Waals surface area contributed by atoms with Gasteiger partial charge in [0, 0.05) is 123 Å². The Balaban J connectivity index is 0.000000123. The Bertz CT molecular complexity index is 3120. The van der Waals surface area contributed by atoms with Crippen molar-refractivity contribution in [1.82, 2.24) is 43.1 Å². The lowest BCUT2D eigenvalue weighted by Crippen LogP contribution is -2.10. The van der Waals surface area contributed by atoms with E-state index in [1.54, 1.807) is 19.5 Å². The molecule has 0 amide bonds. The minimum absolute atomic E-state index is 0.555. The summed E-state index contributed by atoms with van der Waals surface area (Å²) in [5.41, 5.74) is 17.1. The van der Waals surface area contributed by atoms with Crippen LogP contribution in [0.1, 0.15) is 12.8 Å². The molecule has 0 bridgehead atoms. The van der Waals surface area contributed by atoms with Crippen LogP contribution in [0, 0.1) is 0 Å². The van der Waals surface area contributed by atoms with E-state index in [0.29, 0.717) is 30.7 Å². The lowest BCUT2D eigenvalue weighted by Gasteiger charge is -2.13. The summed E-state index contributed by atoms with van der Waals surface area (Å²) in [7, 11) is 5.77. The van der Waals surface area contributed by atoms with Crippen molar-refractivity contribution in [1.29, 1.82) is 0 Å². The summed E-state index contributed by atoms with van der Waals surface area (Å²) in [6.07, 6.45) is 19.5. The fourth-order valence-corrected chi connectivity index (χ4v) is 7.10. The van der Waals surface area contributed by atoms with E-state index in [1.807, 2.05) is 156 Å². The number of hydrogen-bond acceptors (Lipinski definition) is 12. The van der Waals surface area contributed by atoms with Crippen molar-refractivity contribution in [3.05, 3.63) is 165 Å². The van der Waals surface area contributed by atoms with Gasteiger partial charge in [-0.3, -0.25) is 0 Å². The van der Waals surface area contributed by atoms with Crippen molar-refractivity contribution in [2.45, 2.75) is 18.9 Å². The summed E-state index contributed by atoms with van der Waals surface area (Å²) in [5.74, 6) is 2.36. The molecule has 0 aliphatic heterocycles. The van der Waals surface area contributed by atoms with E-state index in [1.165, 1.54) is 18.5 Å². The topological polar surface area (TPSA) is 165 Å². The largest absolute Gasteiger partial charge is 0.399 e. The predicted molar refractivity (Wildman–Crippen MR) is 261 cm³/mol. The average molecular weight is 863 g/mol. The third kappa shape index (κ3) is 10.2. The monoisotopic (exact) mass is 862 g/mol. The van der Waals surface area contributed by atoms with E-state index >= 15 is 0 Å². The number of imidazole rings is 3. The van der Waals surface area contributed by atoms with Crippen molar-refractivity contribution in [3.8, 4) is 33.8 Å². The zero-order chi connectivity index (χ0) is 44.5. The molecule has 5 N–H and O–H groups in total. The fraction of sp³-hybridized carbons (Fsp3) is 0.160. The van der Waals surface area contributed by atoms with Crippen molar-refractivity contribution in [2.24, 2.45) is 0 Å². The van der Waals surface area contributed by atoms with E-state index in [2.05, 4.69) is 65.1 Å². The molecule has 15 heteroatoms. The maximum Gasteiger partial charge on any atom is 0.180 e. The van der Waals surface area contributed by atoms with Crippen LogP contribution in [-0.2, 0) is 4.74 Å². The first kappa shape index (κ1) is 42.0. The second kappa shape index (κ2) is 19.4. The maximum absolute atomic E-state index is 5.89. The molecule has 0 atom stereocenters. The molecule has 0 unspecified atom stereocenters. The lowest BCUT2D eigenvalue weighted by atomic mass is 10.1. The van der Waals surface area contributed by atoms with Crippen LogP contribution >= 0.6 is 0 Å². The Morgan fingerprint density at radius 2 is 1.14 bits per heavy atom. The molecule has 65 heavy (non-hydrogen) atoms. The Hall–Kier alpha value is -8.30. The number of hydrogen-bond donors (Lipinski definition) is 4. The molecule has 1 saturated carbocycles. The van der Waals surface area contributed by atoms with Crippen molar-refractivity contribution >= 4 is 51.5 Å². The first-order valence-electron chi connectivity index (χ1n) is 21.4. The van der Waals surface area contributed by atoms with Gasteiger partial charge in [-0.2, -0.15) is 0 Å². The predicted octanol–water partition coefficient (Wildman–Crippen LogP) is 9.21. The second-order valence-corrected chi connectivity index (χ2v) is 15.7. The smallest absolute Gasteiger partial charge is 0.180 e. The highest BCUT2D eigenvalue weighted by Crippen LogP contribution is 2.29. The van der Waals surface area contributed by atoms with Gasteiger partial charge in [0.1, 0.15) is 0 Å². The van der Waals surface area contributed by atoms with Gasteiger partial charge in [-0.25, -0.2) is 29.9 Å². The Morgan fingerprint density at radius 3 is 1.72 bits per heavy atom. The standard InChI is InChI=1S/C18H15N5.C17H19N5.C15H16N4O/c19-14-6-4-5-13(11-14)16-12-23-10-9-20-18(23)17(22-16)21-15-7-2-1-3-8-15;1-21(2)14-7-3-12(4-8-14)15-11-22-10-9-18-17(22)16(20-15)19-13-5-6-13;1-20-10-8-16-14-15-17-7-9-19(15)11-13(18-14)12-5-3-2-4-6-12/h1-12H,19H2,(H,21,22);3-4,7-11,13H,5-6H2,1-2H3,(H,19,20);2-7,9,11H,8,10H2,1H3,(H,16,18). The number of ether oxygens (including phenoxy) is 1. The van der Waals surface area contributed by atoms with Crippen molar-refractivity contribution < 1.29 is 4.74 Å². The van der Waals surface area contributed by atoms with E-state index < -0.39 is 0 Å². The van der Waals surface area contributed by atoms with Crippen LogP contribution in [0.15, 0.2) is 165 Å². The van der Waals surface area contributed by atoms with Gasteiger partial charge >= 0.3 is 0 Å². The zero-order valence-corrected chi connectivity index (χ0v) is 36.5. The van der Waals surface area contributed by atoms with Gasteiger partial charge in [0.15, 0.2) is 34.4 Å². The summed E-state index contributed by atoms with van der Waals surface area (Å²) in [5, 5.41) is 10.1. The molecule has 10 aromatic rings. The van der Waals surface area contributed by atoms with Gasteiger partial charge in [0.05, 0.1) is 23.7 Å². The summed E-state index contributed by atoms with van der Waals surface area (Å²) in [4.78, 5) is 29.4. The number of para-hydroxylation sites is 1. The van der Waals surface area contributed by atoms with E-state index in [-0.39, 0.29) is 0 Å². The number of nitrogens with one attached hydrogen (secondary N) is 3. The second-order valence-electron chi connectivity index (χ2n) is 15.7. The highest BCUT2D eigenvalue weighted by atomic mass is 16.5. The molecule has 0 radical (unpaired) electrons. The van der Waals surface area contributed by atoms with E-state index in [4.69, 9.17) is 20.4 Å². The molecule has 1 aliphatic rings. The first-order valence-corrected chi connectivity index (χ1v) is 21.4. The molecular formula is C50H50N14O. The van der Waals surface area contributed by atoms with Crippen LogP contribution in [0.25, 0.3) is 50.7 Å². The number of rotatable bonds is 12. The molecule has 326 valence electrons. The first-order chi connectivity index (χ1) is 31.9. The fourth-order valence-electron chi connectivity index (χ4n) is 7.10. The molecule has 1 aliphatic carbocycles. The number of nitrogens with two attached hydrogens (primary N) is 1. The van der Waals surface area contributed by atoms with Gasteiger partial charge in [0.2, 0.25) is 0 Å².